The molecule has 0 amide bonds. The molecule has 5 heteroatoms. The third-order valence-corrected chi connectivity index (χ3v) is 8.44. The monoisotopic (exact) mass is 550 g/mol. The maximum absolute atomic E-state index is 12.9. The molecule has 0 saturated carbocycles. The quantitative estimate of drug-likeness (QED) is 0.223. The third-order valence-electron chi connectivity index (χ3n) is 7.23. The smallest absolute Gasteiger partial charge is 0.310 e. The Kier molecular flexibility index (Phi) is 10.3. The van der Waals surface area contributed by atoms with E-state index in [0.717, 1.165) is 21.9 Å². The lowest BCUT2D eigenvalue weighted by atomic mass is 9.85. The van der Waals surface area contributed by atoms with Crippen molar-refractivity contribution >= 4 is 17.3 Å². The summed E-state index contributed by atoms with van der Waals surface area (Å²) in [5.74, 6) is 2.74. The van der Waals surface area contributed by atoms with Crippen LogP contribution in [-0.4, -0.2) is 26.8 Å². The van der Waals surface area contributed by atoms with Gasteiger partial charge in [-0.3, -0.25) is 4.79 Å². The molecule has 39 heavy (non-hydrogen) atoms. The number of ether oxygens (including phenoxy) is 3. The number of benzene rings is 2. The number of esters is 1. The Morgan fingerprint density at radius 2 is 1.10 bits per heavy atom. The van der Waals surface area contributed by atoms with E-state index in [1.54, 1.807) is 25.6 Å². The summed E-state index contributed by atoms with van der Waals surface area (Å²) in [6.45, 7) is 20.0. The fraction of sp³-hybridized carbons (Fsp3) is 0.500. The summed E-state index contributed by atoms with van der Waals surface area (Å²) in [5, 5.41) is 0. The van der Waals surface area contributed by atoms with Gasteiger partial charge in [0.1, 0.15) is 11.5 Å². The van der Waals surface area contributed by atoms with Crippen molar-refractivity contribution in [2.45, 2.75) is 92.4 Å². The number of rotatable bonds is 11. The Labute approximate surface area is 239 Å². The molecule has 0 atom stereocenters. The van der Waals surface area contributed by atoms with Crippen molar-refractivity contribution in [2.75, 3.05) is 20.8 Å². The van der Waals surface area contributed by atoms with Gasteiger partial charge in [-0.05, 0) is 99.9 Å². The van der Waals surface area contributed by atoms with Crippen LogP contribution < -0.4 is 9.47 Å². The van der Waals surface area contributed by atoms with Crippen LogP contribution in [0.1, 0.15) is 114 Å². The summed E-state index contributed by atoms with van der Waals surface area (Å²) >= 11 is 1.79. The zero-order chi connectivity index (χ0) is 29.0. The number of hydrogen-bond donors (Lipinski definition) is 0. The molecule has 3 rings (SSSR count). The van der Waals surface area contributed by atoms with Crippen molar-refractivity contribution in [2.24, 2.45) is 0 Å². The minimum atomic E-state index is -0.197. The molecule has 0 aliphatic carbocycles. The second kappa shape index (κ2) is 13.0. The zero-order valence-electron chi connectivity index (χ0n) is 25.7. The SMILES string of the molecule is CCOC(=O)Cc1cc(-c2c(C(C)C)cc(OC)cc2C(C)C)sc1-c1c(C(C)C)cc(OC)cc1C(C)C. The van der Waals surface area contributed by atoms with Crippen molar-refractivity contribution in [1.29, 1.82) is 0 Å². The molecule has 1 aromatic heterocycles. The molecule has 4 nitrogen and oxygen atoms in total. The molecule has 0 aliphatic rings. The van der Waals surface area contributed by atoms with Crippen molar-refractivity contribution in [3.05, 3.63) is 58.1 Å². The van der Waals surface area contributed by atoms with Gasteiger partial charge in [-0.1, -0.05) is 55.4 Å². The van der Waals surface area contributed by atoms with Crippen molar-refractivity contribution in [3.8, 4) is 32.4 Å². The highest BCUT2D eigenvalue weighted by Crippen LogP contribution is 2.49. The summed E-state index contributed by atoms with van der Waals surface area (Å²) < 4.78 is 16.8. The minimum absolute atomic E-state index is 0.197. The molecule has 0 spiro atoms. The maximum atomic E-state index is 12.9. The van der Waals surface area contributed by atoms with E-state index >= 15 is 0 Å². The number of methoxy groups -OCH3 is 2. The molecule has 0 radical (unpaired) electrons. The molecule has 2 aromatic carbocycles. The van der Waals surface area contributed by atoms with E-state index in [0.29, 0.717) is 18.4 Å². The molecule has 0 aliphatic heterocycles. The topological polar surface area (TPSA) is 44.8 Å². The minimum Gasteiger partial charge on any atom is -0.497 e. The Bertz CT molecular complexity index is 1240. The molecule has 3 aromatic rings. The van der Waals surface area contributed by atoms with Crippen LogP contribution in [0, 0.1) is 0 Å². The molecule has 0 unspecified atom stereocenters. The van der Waals surface area contributed by atoms with Gasteiger partial charge in [0.2, 0.25) is 0 Å². The molecule has 1 heterocycles. The summed E-state index contributed by atoms with van der Waals surface area (Å²) in [7, 11) is 3.46. The lowest BCUT2D eigenvalue weighted by Gasteiger charge is -2.22. The van der Waals surface area contributed by atoms with Gasteiger partial charge in [0.05, 0.1) is 27.2 Å². The van der Waals surface area contributed by atoms with Crippen molar-refractivity contribution in [1.82, 2.24) is 0 Å². The Morgan fingerprint density at radius 3 is 1.46 bits per heavy atom. The summed E-state index contributed by atoms with van der Waals surface area (Å²) in [4.78, 5) is 15.2. The normalized spacial score (nSPS) is 11.7. The molecule has 212 valence electrons. The number of hydrogen-bond acceptors (Lipinski definition) is 5. The van der Waals surface area contributed by atoms with Crippen molar-refractivity contribution < 1.29 is 19.0 Å². The Balaban J connectivity index is 2.44. The maximum Gasteiger partial charge on any atom is 0.310 e. The number of carbonyl (C=O) groups is 1. The van der Waals surface area contributed by atoms with E-state index < -0.39 is 0 Å². The van der Waals surface area contributed by atoms with Crippen LogP contribution in [0.4, 0.5) is 0 Å². The summed E-state index contributed by atoms with van der Waals surface area (Å²) in [6.07, 6.45) is 0.241. The van der Waals surface area contributed by atoms with E-state index in [-0.39, 0.29) is 24.2 Å². The lowest BCUT2D eigenvalue weighted by Crippen LogP contribution is -2.08. The molecule has 0 bridgehead atoms. The molecular weight excluding hydrogens is 504 g/mol. The predicted molar refractivity (Wildman–Crippen MR) is 165 cm³/mol. The molecular formula is C34H46O4S. The Morgan fingerprint density at radius 1 is 0.692 bits per heavy atom. The second-order valence-electron chi connectivity index (χ2n) is 11.4. The number of carbonyl (C=O) groups excluding carboxylic acids is 1. The zero-order valence-corrected chi connectivity index (χ0v) is 26.5. The average molecular weight is 551 g/mol. The predicted octanol–water partition coefficient (Wildman–Crippen LogP) is 9.70. The van der Waals surface area contributed by atoms with Crippen LogP contribution in [0.15, 0.2) is 30.3 Å². The Hall–Kier alpha value is -2.79. The third kappa shape index (κ3) is 6.69. The van der Waals surface area contributed by atoms with E-state index in [9.17, 15) is 4.79 Å². The average Bonchev–Trinajstić information content (AvgIpc) is 3.29. The van der Waals surface area contributed by atoms with E-state index in [1.807, 2.05) is 6.92 Å². The van der Waals surface area contributed by atoms with Gasteiger partial charge in [-0.15, -0.1) is 11.3 Å². The first-order valence-electron chi connectivity index (χ1n) is 14.2. The highest BCUT2D eigenvalue weighted by atomic mass is 32.1. The van der Waals surface area contributed by atoms with Gasteiger partial charge in [0.25, 0.3) is 0 Å². The largest absolute Gasteiger partial charge is 0.497 e. The molecule has 0 N–H and O–H groups in total. The fourth-order valence-electron chi connectivity index (χ4n) is 5.18. The van der Waals surface area contributed by atoms with Gasteiger partial charge in [-0.2, -0.15) is 0 Å². The van der Waals surface area contributed by atoms with Gasteiger partial charge in [-0.25, -0.2) is 0 Å². The highest BCUT2D eigenvalue weighted by Gasteiger charge is 2.26. The van der Waals surface area contributed by atoms with Crippen LogP contribution >= 0.6 is 11.3 Å². The first kappa shape index (κ1) is 30.7. The van der Waals surface area contributed by atoms with E-state index in [1.165, 1.54) is 38.3 Å². The molecule has 0 fully saturated rings. The number of thiophene rings is 1. The lowest BCUT2D eigenvalue weighted by molar-refractivity contribution is -0.142. The van der Waals surface area contributed by atoms with Gasteiger partial charge >= 0.3 is 5.97 Å². The van der Waals surface area contributed by atoms with E-state index in [2.05, 4.69) is 85.7 Å². The van der Waals surface area contributed by atoms with Crippen molar-refractivity contribution in [3.63, 3.8) is 0 Å². The second-order valence-corrected chi connectivity index (χ2v) is 12.5. The summed E-state index contributed by atoms with van der Waals surface area (Å²) in [6, 6.07) is 10.9. The standard InChI is InChI=1S/C34H46O4S/c1-12-38-31(35)14-23-13-30(32-26(19(2)3)15-24(36-10)16-27(32)20(4)5)39-34(23)33-28(21(6)7)17-25(37-11)18-29(33)22(8)9/h13,15-22H,12,14H2,1-11H3. The first-order valence-corrected chi connectivity index (χ1v) is 15.0. The fourth-order valence-corrected chi connectivity index (χ4v) is 6.54. The highest BCUT2D eigenvalue weighted by molar-refractivity contribution is 7.19. The molecule has 0 saturated heterocycles. The van der Waals surface area contributed by atoms with Gasteiger partial charge in [0, 0.05) is 9.75 Å². The van der Waals surface area contributed by atoms with Crippen LogP contribution in [0.2, 0.25) is 0 Å². The van der Waals surface area contributed by atoms with E-state index in [4.69, 9.17) is 14.2 Å². The van der Waals surface area contributed by atoms with Crippen LogP contribution in [0.25, 0.3) is 20.9 Å². The van der Waals surface area contributed by atoms with Gasteiger partial charge in [0.15, 0.2) is 0 Å². The van der Waals surface area contributed by atoms with Crippen LogP contribution in [0.3, 0.4) is 0 Å². The van der Waals surface area contributed by atoms with Gasteiger partial charge < -0.3 is 14.2 Å². The van der Waals surface area contributed by atoms with Crippen LogP contribution in [-0.2, 0) is 16.0 Å². The summed E-state index contributed by atoms with van der Waals surface area (Å²) in [5.41, 5.74) is 8.49. The first-order chi connectivity index (χ1) is 18.4. The van der Waals surface area contributed by atoms with Crippen LogP contribution in [0.5, 0.6) is 11.5 Å².